The smallest absolute Gasteiger partial charge is 0.241 e. The molecule has 0 radical (unpaired) electrons. The number of hydrogen-bond donors (Lipinski definition) is 1. The summed E-state index contributed by atoms with van der Waals surface area (Å²) in [5.41, 5.74) is 2.19. The molecule has 6 heteroatoms. The Bertz CT molecular complexity index is 661. The van der Waals surface area contributed by atoms with Crippen molar-refractivity contribution in [1.29, 1.82) is 0 Å². The molecule has 6 nitrogen and oxygen atoms in total. The van der Waals surface area contributed by atoms with Crippen molar-refractivity contribution >= 4 is 22.7 Å². The Morgan fingerprint density at radius 2 is 2.10 bits per heavy atom. The van der Waals surface area contributed by atoms with Gasteiger partial charge in [-0.25, -0.2) is 0 Å². The number of hydrogen-bond acceptors (Lipinski definition) is 3. The van der Waals surface area contributed by atoms with Crippen LogP contribution in [0.4, 0.5) is 0 Å². The van der Waals surface area contributed by atoms with Crippen LogP contribution in [0.5, 0.6) is 0 Å². The maximum atomic E-state index is 11.7. The highest BCUT2D eigenvalue weighted by atomic mass is 16.2. The Morgan fingerprint density at radius 1 is 1.33 bits per heavy atom. The SMILES string of the molecule is Cc1ccc2c(cnn2CCC(=O)NCC(=O)N(C)C)c1. The number of aromatic nitrogens is 2. The summed E-state index contributed by atoms with van der Waals surface area (Å²) < 4.78 is 1.81. The van der Waals surface area contributed by atoms with Gasteiger partial charge in [0.1, 0.15) is 0 Å². The van der Waals surface area contributed by atoms with E-state index in [4.69, 9.17) is 0 Å². The number of nitrogens with one attached hydrogen (secondary N) is 1. The zero-order chi connectivity index (χ0) is 15.4. The van der Waals surface area contributed by atoms with E-state index in [2.05, 4.69) is 16.5 Å². The summed E-state index contributed by atoms with van der Waals surface area (Å²) in [6, 6.07) is 6.09. The second-order valence-corrected chi connectivity index (χ2v) is 5.24. The van der Waals surface area contributed by atoms with E-state index >= 15 is 0 Å². The first-order chi connectivity index (χ1) is 9.97. The Hall–Kier alpha value is -2.37. The van der Waals surface area contributed by atoms with Gasteiger partial charge < -0.3 is 10.2 Å². The second kappa shape index (κ2) is 6.39. The zero-order valence-electron chi connectivity index (χ0n) is 12.6. The Balaban J connectivity index is 1.90. The van der Waals surface area contributed by atoms with E-state index in [1.165, 1.54) is 10.5 Å². The molecule has 0 aliphatic carbocycles. The van der Waals surface area contributed by atoms with Crippen molar-refractivity contribution in [3.63, 3.8) is 0 Å². The number of aryl methyl sites for hydroxylation is 2. The summed E-state index contributed by atoms with van der Waals surface area (Å²) in [7, 11) is 3.32. The van der Waals surface area contributed by atoms with Crippen LogP contribution in [-0.4, -0.2) is 47.1 Å². The average molecular weight is 288 g/mol. The summed E-state index contributed by atoms with van der Waals surface area (Å²) in [6.07, 6.45) is 2.10. The molecule has 1 aromatic heterocycles. The van der Waals surface area contributed by atoms with Gasteiger partial charge in [0.15, 0.2) is 0 Å². The Labute approximate surface area is 123 Å². The van der Waals surface area contributed by atoms with E-state index in [1.54, 1.807) is 20.3 Å². The second-order valence-electron chi connectivity index (χ2n) is 5.24. The average Bonchev–Trinajstić information content (AvgIpc) is 2.84. The van der Waals surface area contributed by atoms with Gasteiger partial charge >= 0.3 is 0 Å². The minimum atomic E-state index is -0.152. The Morgan fingerprint density at radius 3 is 2.81 bits per heavy atom. The predicted octanol–water partition coefficient (Wildman–Crippen LogP) is 0.939. The molecule has 2 amide bonds. The van der Waals surface area contributed by atoms with Gasteiger partial charge in [-0.05, 0) is 19.1 Å². The van der Waals surface area contributed by atoms with E-state index in [9.17, 15) is 9.59 Å². The highest BCUT2D eigenvalue weighted by Gasteiger charge is 2.08. The van der Waals surface area contributed by atoms with Crippen molar-refractivity contribution in [2.45, 2.75) is 19.9 Å². The molecule has 0 saturated carbocycles. The van der Waals surface area contributed by atoms with Crippen LogP contribution in [0.1, 0.15) is 12.0 Å². The van der Waals surface area contributed by atoms with E-state index in [1.807, 2.05) is 23.7 Å². The van der Waals surface area contributed by atoms with Crippen molar-refractivity contribution in [2.24, 2.45) is 0 Å². The maximum Gasteiger partial charge on any atom is 0.241 e. The van der Waals surface area contributed by atoms with Gasteiger partial charge in [-0.15, -0.1) is 0 Å². The van der Waals surface area contributed by atoms with Gasteiger partial charge in [0.05, 0.1) is 24.8 Å². The monoisotopic (exact) mass is 288 g/mol. The summed E-state index contributed by atoms with van der Waals surface area (Å²) in [4.78, 5) is 24.6. The summed E-state index contributed by atoms with van der Waals surface area (Å²) in [5.74, 6) is -0.274. The summed E-state index contributed by atoms with van der Waals surface area (Å²) in [5, 5.41) is 7.97. The molecule has 0 saturated heterocycles. The van der Waals surface area contributed by atoms with E-state index in [-0.39, 0.29) is 18.4 Å². The Kier molecular flexibility index (Phi) is 4.57. The lowest BCUT2D eigenvalue weighted by molar-refractivity contribution is -0.130. The van der Waals surface area contributed by atoms with E-state index in [0.717, 1.165) is 10.9 Å². The van der Waals surface area contributed by atoms with Crippen LogP contribution in [0.25, 0.3) is 10.9 Å². The molecule has 0 fully saturated rings. The van der Waals surface area contributed by atoms with Crippen LogP contribution in [0.15, 0.2) is 24.4 Å². The van der Waals surface area contributed by atoms with Crippen molar-refractivity contribution in [3.8, 4) is 0 Å². The number of carbonyl (C=O) groups excluding carboxylic acids is 2. The molecule has 1 N–H and O–H groups in total. The lowest BCUT2D eigenvalue weighted by Gasteiger charge is -2.11. The van der Waals surface area contributed by atoms with Crippen LogP contribution >= 0.6 is 0 Å². The molecule has 0 aliphatic rings. The first-order valence-corrected chi connectivity index (χ1v) is 6.86. The number of fused-ring (bicyclic) bond motifs is 1. The van der Waals surface area contributed by atoms with Crippen LogP contribution in [-0.2, 0) is 16.1 Å². The summed E-state index contributed by atoms with van der Waals surface area (Å²) >= 11 is 0. The van der Waals surface area contributed by atoms with Crippen molar-refractivity contribution < 1.29 is 9.59 Å². The third kappa shape index (κ3) is 3.81. The van der Waals surface area contributed by atoms with Crippen molar-refractivity contribution in [1.82, 2.24) is 20.0 Å². The normalized spacial score (nSPS) is 10.6. The number of rotatable bonds is 5. The quantitative estimate of drug-likeness (QED) is 0.890. The third-order valence-corrected chi connectivity index (χ3v) is 3.28. The lowest BCUT2D eigenvalue weighted by atomic mass is 10.2. The van der Waals surface area contributed by atoms with Crippen LogP contribution in [0, 0.1) is 6.92 Å². The molecular formula is C15H20N4O2. The fraction of sp³-hybridized carbons (Fsp3) is 0.400. The van der Waals surface area contributed by atoms with E-state index < -0.39 is 0 Å². The van der Waals surface area contributed by atoms with Gasteiger partial charge in [-0.1, -0.05) is 11.6 Å². The number of amides is 2. The zero-order valence-corrected chi connectivity index (χ0v) is 12.6. The van der Waals surface area contributed by atoms with Crippen LogP contribution < -0.4 is 5.32 Å². The predicted molar refractivity (Wildman–Crippen MR) is 80.8 cm³/mol. The molecule has 2 rings (SSSR count). The standard InChI is InChI=1S/C15H20N4O2/c1-11-4-5-13-12(8-11)9-17-19(13)7-6-14(20)16-10-15(21)18(2)3/h4-5,8-9H,6-7,10H2,1-3H3,(H,16,20). The van der Waals surface area contributed by atoms with Gasteiger partial charge in [-0.2, -0.15) is 5.10 Å². The third-order valence-electron chi connectivity index (χ3n) is 3.28. The molecule has 0 bridgehead atoms. The van der Waals surface area contributed by atoms with Gasteiger partial charge in [0.2, 0.25) is 11.8 Å². The minimum absolute atomic E-state index is 0.0326. The molecule has 1 heterocycles. The number of nitrogens with zero attached hydrogens (tertiary/aromatic N) is 3. The van der Waals surface area contributed by atoms with Crippen LogP contribution in [0.2, 0.25) is 0 Å². The topological polar surface area (TPSA) is 67.2 Å². The summed E-state index contributed by atoms with van der Waals surface area (Å²) in [6.45, 7) is 2.56. The van der Waals surface area contributed by atoms with Gasteiger partial charge in [0.25, 0.3) is 0 Å². The molecule has 2 aromatic rings. The maximum absolute atomic E-state index is 11.7. The minimum Gasteiger partial charge on any atom is -0.347 e. The van der Waals surface area contributed by atoms with Crippen LogP contribution in [0.3, 0.4) is 0 Å². The molecule has 1 aromatic carbocycles. The fourth-order valence-electron chi connectivity index (χ4n) is 2.01. The first-order valence-electron chi connectivity index (χ1n) is 6.86. The molecule has 21 heavy (non-hydrogen) atoms. The molecule has 0 spiro atoms. The largest absolute Gasteiger partial charge is 0.347 e. The molecule has 112 valence electrons. The molecule has 0 unspecified atom stereocenters. The van der Waals surface area contributed by atoms with Gasteiger partial charge in [0, 0.05) is 25.9 Å². The lowest BCUT2D eigenvalue weighted by Crippen LogP contribution is -2.36. The van der Waals surface area contributed by atoms with E-state index in [0.29, 0.717) is 13.0 Å². The number of benzene rings is 1. The first kappa shape index (κ1) is 15.0. The molecule has 0 atom stereocenters. The van der Waals surface area contributed by atoms with Crippen molar-refractivity contribution in [2.75, 3.05) is 20.6 Å². The number of carbonyl (C=O) groups is 2. The highest BCUT2D eigenvalue weighted by molar-refractivity contribution is 5.84. The fourth-order valence-corrected chi connectivity index (χ4v) is 2.01. The number of likely N-dealkylation sites (N-methyl/N-ethyl adjacent to an activating group) is 1. The molecule has 0 aliphatic heterocycles. The molecular weight excluding hydrogens is 268 g/mol. The highest BCUT2D eigenvalue weighted by Crippen LogP contribution is 2.15. The van der Waals surface area contributed by atoms with Crippen molar-refractivity contribution in [3.05, 3.63) is 30.0 Å². The van der Waals surface area contributed by atoms with Gasteiger partial charge in [-0.3, -0.25) is 14.3 Å².